The first-order chi connectivity index (χ1) is 16.5. The van der Waals surface area contributed by atoms with Crippen LogP contribution in [0.3, 0.4) is 0 Å². The van der Waals surface area contributed by atoms with Gasteiger partial charge in [-0.15, -0.1) is 0 Å². The quantitative estimate of drug-likeness (QED) is 0.402. The number of nitriles is 1. The SMILES string of the molecule is N#C[C@@H]1CCCN1C(=O)c1ccc(-c2cc(NCc3ccc(Cl)cc3Cl)n3nccc3n2)cc1. The summed E-state index contributed by atoms with van der Waals surface area (Å²) in [6.45, 7) is 1.10. The lowest BCUT2D eigenvalue weighted by molar-refractivity contribution is 0.0765. The van der Waals surface area contributed by atoms with E-state index >= 15 is 0 Å². The molecule has 3 heterocycles. The minimum atomic E-state index is -0.346. The molecule has 9 heteroatoms. The van der Waals surface area contributed by atoms with E-state index in [9.17, 15) is 10.1 Å². The van der Waals surface area contributed by atoms with E-state index in [0.29, 0.717) is 34.3 Å². The molecule has 0 spiro atoms. The topological polar surface area (TPSA) is 86.3 Å². The number of amides is 1. The summed E-state index contributed by atoms with van der Waals surface area (Å²) in [6.07, 6.45) is 3.27. The molecule has 1 aliphatic heterocycles. The second-order valence-corrected chi connectivity index (χ2v) is 8.92. The molecule has 1 fully saturated rings. The van der Waals surface area contributed by atoms with E-state index in [0.717, 1.165) is 35.5 Å². The maximum absolute atomic E-state index is 12.8. The normalized spacial score (nSPS) is 15.4. The van der Waals surface area contributed by atoms with Crippen LogP contribution in [0.15, 0.2) is 60.8 Å². The number of fused-ring (bicyclic) bond motifs is 1. The Morgan fingerprint density at radius 3 is 2.74 bits per heavy atom. The van der Waals surface area contributed by atoms with Crippen molar-refractivity contribution in [2.75, 3.05) is 11.9 Å². The van der Waals surface area contributed by atoms with Crippen LogP contribution in [-0.2, 0) is 6.54 Å². The average Bonchev–Trinajstić information content (AvgIpc) is 3.52. The van der Waals surface area contributed by atoms with Gasteiger partial charge >= 0.3 is 0 Å². The van der Waals surface area contributed by atoms with Crippen molar-refractivity contribution in [3.8, 4) is 17.3 Å². The predicted molar refractivity (Wildman–Crippen MR) is 132 cm³/mol. The molecule has 170 valence electrons. The predicted octanol–water partition coefficient (Wildman–Crippen LogP) is 5.44. The molecule has 1 N–H and O–H groups in total. The number of nitrogens with one attached hydrogen (secondary N) is 1. The Kier molecular flexibility index (Phi) is 6.10. The molecule has 1 saturated heterocycles. The Hall–Kier alpha value is -3.60. The van der Waals surface area contributed by atoms with Gasteiger partial charge in [-0.25, -0.2) is 4.98 Å². The summed E-state index contributed by atoms with van der Waals surface area (Å²) in [5.74, 6) is 0.641. The summed E-state index contributed by atoms with van der Waals surface area (Å²) in [7, 11) is 0. The smallest absolute Gasteiger partial charge is 0.254 e. The molecular weight excluding hydrogens is 471 g/mol. The lowest BCUT2D eigenvalue weighted by Gasteiger charge is -2.19. The van der Waals surface area contributed by atoms with Crippen LogP contribution in [0.1, 0.15) is 28.8 Å². The molecule has 34 heavy (non-hydrogen) atoms. The van der Waals surface area contributed by atoms with E-state index in [1.807, 2.05) is 30.3 Å². The number of aromatic nitrogens is 3. The summed E-state index contributed by atoms with van der Waals surface area (Å²) in [4.78, 5) is 19.2. The maximum atomic E-state index is 12.8. The number of hydrogen-bond acceptors (Lipinski definition) is 5. The highest BCUT2D eigenvalue weighted by Crippen LogP contribution is 2.26. The third-order valence-electron chi connectivity index (χ3n) is 5.92. The van der Waals surface area contributed by atoms with Crippen LogP contribution in [0.5, 0.6) is 0 Å². The summed E-state index contributed by atoms with van der Waals surface area (Å²) in [5.41, 5.74) is 3.77. The highest BCUT2D eigenvalue weighted by atomic mass is 35.5. The van der Waals surface area contributed by atoms with Crippen LogP contribution in [0, 0.1) is 11.3 Å². The molecule has 0 saturated carbocycles. The van der Waals surface area contributed by atoms with Crippen LogP contribution in [-0.4, -0.2) is 38.0 Å². The first-order valence-corrected chi connectivity index (χ1v) is 11.6. The summed E-state index contributed by atoms with van der Waals surface area (Å²) >= 11 is 12.3. The van der Waals surface area contributed by atoms with Gasteiger partial charge in [0.1, 0.15) is 11.9 Å². The summed E-state index contributed by atoms with van der Waals surface area (Å²) in [5, 5.41) is 18.2. The van der Waals surface area contributed by atoms with Gasteiger partial charge in [0.2, 0.25) is 0 Å². The van der Waals surface area contributed by atoms with Crippen molar-refractivity contribution < 1.29 is 4.79 Å². The van der Waals surface area contributed by atoms with Gasteiger partial charge in [0.15, 0.2) is 5.65 Å². The van der Waals surface area contributed by atoms with Crippen molar-refractivity contribution >= 4 is 40.6 Å². The molecule has 1 atom stereocenters. The van der Waals surface area contributed by atoms with Gasteiger partial charge in [-0.1, -0.05) is 41.4 Å². The number of anilines is 1. The third-order valence-corrected chi connectivity index (χ3v) is 6.51. The fourth-order valence-corrected chi connectivity index (χ4v) is 4.61. The summed E-state index contributed by atoms with van der Waals surface area (Å²) < 4.78 is 1.72. The number of nitrogens with zero attached hydrogens (tertiary/aromatic N) is 5. The Balaban J connectivity index is 1.40. The number of carbonyl (C=O) groups excluding carboxylic acids is 1. The molecule has 0 bridgehead atoms. The van der Waals surface area contributed by atoms with Crippen LogP contribution >= 0.6 is 23.2 Å². The van der Waals surface area contributed by atoms with Gasteiger partial charge in [-0.2, -0.15) is 14.9 Å². The van der Waals surface area contributed by atoms with Gasteiger partial charge in [0, 0.05) is 46.4 Å². The zero-order valence-corrected chi connectivity index (χ0v) is 19.6. The minimum absolute atomic E-state index is 0.114. The average molecular weight is 491 g/mol. The molecule has 7 nitrogen and oxygen atoms in total. The molecule has 4 aromatic rings. The van der Waals surface area contributed by atoms with E-state index in [1.165, 1.54) is 0 Å². The second kappa shape index (κ2) is 9.34. The van der Waals surface area contributed by atoms with Crippen LogP contribution in [0.2, 0.25) is 10.0 Å². The number of likely N-dealkylation sites (tertiary alicyclic amines) is 1. The fraction of sp³-hybridized carbons (Fsp3) is 0.200. The number of hydrogen-bond donors (Lipinski definition) is 1. The van der Waals surface area contributed by atoms with Crippen LogP contribution in [0.4, 0.5) is 5.82 Å². The molecule has 0 aliphatic carbocycles. The largest absolute Gasteiger partial charge is 0.366 e. The van der Waals surface area contributed by atoms with Crippen molar-refractivity contribution in [3.63, 3.8) is 0 Å². The zero-order valence-electron chi connectivity index (χ0n) is 18.1. The van der Waals surface area contributed by atoms with Gasteiger partial charge in [0.25, 0.3) is 5.91 Å². The summed E-state index contributed by atoms with van der Waals surface area (Å²) in [6, 6.07) is 18.3. The van der Waals surface area contributed by atoms with E-state index in [4.69, 9.17) is 28.2 Å². The highest BCUT2D eigenvalue weighted by Gasteiger charge is 2.29. The number of carbonyl (C=O) groups is 1. The Bertz CT molecular complexity index is 1410. The molecule has 0 unspecified atom stereocenters. The number of benzene rings is 2. The first kappa shape index (κ1) is 22.2. The lowest BCUT2D eigenvalue weighted by atomic mass is 10.1. The third kappa shape index (κ3) is 4.30. The monoisotopic (exact) mass is 490 g/mol. The minimum Gasteiger partial charge on any atom is -0.366 e. The number of halogens is 2. The first-order valence-electron chi connectivity index (χ1n) is 10.9. The maximum Gasteiger partial charge on any atom is 0.254 e. The Morgan fingerprint density at radius 1 is 1.15 bits per heavy atom. The van der Waals surface area contributed by atoms with Crippen molar-refractivity contribution in [3.05, 3.63) is 82.0 Å². The van der Waals surface area contributed by atoms with E-state index in [-0.39, 0.29) is 11.9 Å². The van der Waals surface area contributed by atoms with Crippen molar-refractivity contribution in [2.24, 2.45) is 0 Å². The second-order valence-electron chi connectivity index (χ2n) is 8.08. The molecule has 2 aromatic heterocycles. The molecule has 5 rings (SSSR count). The number of rotatable bonds is 5. The van der Waals surface area contributed by atoms with Gasteiger partial charge in [0.05, 0.1) is 18.0 Å². The Morgan fingerprint density at radius 2 is 1.97 bits per heavy atom. The molecule has 1 amide bonds. The van der Waals surface area contributed by atoms with Crippen molar-refractivity contribution in [1.29, 1.82) is 5.26 Å². The molecule has 2 aromatic carbocycles. The van der Waals surface area contributed by atoms with Crippen LogP contribution < -0.4 is 5.32 Å². The zero-order chi connectivity index (χ0) is 23.7. The lowest BCUT2D eigenvalue weighted by Crippen LogP contribution is -2.34. The molecule has 0 radical (unpaired) electrons. The van der Waals surface area contributed by atoms with Crippen LogP contribution in [0.25, 0.3) is 16.9 Å². The van der Waals surface area contributed by atoms with E-state index in [2.05, 4.69) is 16.5 Å². The van der Waals surface area contributed by atoms with Gasteiger partial charge in [-0.3, -0.25) is 4.79 Å². The van der Waals surface area contributed by atoms with Gasteiger partial charge < -0.3 is 10.2 Å². The van der Waals surface area contributed by atoms with Crippen molar-refractivity contribution in [1.82, 2.24) is 19.5 Å². The van der Waals surface area contributed by atoms with Gasteiger partial charge in [-0.05, 0) is 42.7 Å². The van der Waals surface area contributed by atoms with Crippen molar-refractivity contribution in [2.45, 2.75) is 25.4 Å². The van der Waals surface area contributed by atoms with E-state index < -0.39 is 0 Å². The Labute approximate surface area is 206 Å². The molecule has 1 aliphatic rings. The molecular formula is C25H20Cl2N6O. The van der Waals surface area contributed by atoms with E-state index in [1.54, 1.807) is 39.9 Å². The highest BCUT2D eigenvalue weighted by molar-refractivity contribution is 6.35. The standard InChI is InChI=1S/C25H20Cl2N6O/c26-19-8-7-18(21(27)12-19)15-29-24-13-22(31-23-9-10-30-33(23)24)16-3-5-17(6-4-16)25(34)32-11-1-2-20(32)14-28/h3-10,12-13,20,29H,1-2,11,15H2/t20-/m0/s1. The fourth-order valence-electron chi connectivity index (χ4n) is 4.13.